The molecule has 1 aliphatic rings. The van der Waals surface area contributed by atoms with Crippen LogP contribution in [0.1, 0.15) is 23.6 Å². The summed E-state index contributed by atoms with van der Waals surface area (Å²) in [4.78, 5) is 39.1. The SMILES string of the molecule is CCOc1cc(/C=C2\C(=O)NC(=O)N(c3cccc(C)c3)C2=O)cc(Br)c1OCc1ccccc1F. The second-order valence-corrected chi connectivity index (χ2v) is 8.79. The van der Waals surface area contributed by atoms with Gasteiger partial charge in [0, 0.05) is 5.56 Å². The second-order valence-electron chi connectivity index (χ2n) is 7.94. The highest BCUT2D eigenvalue weighted by Gasteiger charge is 2.37. The molecule has 1 saturated heterocycles. The molecule has 4 rings (SSSR count). The lowest BCUT2D eigenvalue weighted by molar-refractivity contribution is -0.122. The summed E-state index contributed by atoms with van der Waals surface area (Å²) in [7, 11) is 0. The number of ether oxygens (including phenoxy) is 2. The standard InChI is InChI=1S/C27H22BrFN2O5/c1-3-35-23-14-17(13-21(28)24(23)36-15-18-8-4-5-10-22(18)29)12-20-25(32)30-27(34)31(26(20)33)19-9-6-7-16(2)11-19/h4-14H,3,15H2,1-2H3,(H,30,32,34)/b20-12+. The number of carbonyl (C=O) groups excluding carboxylic acids is 3. The van der Waals surface area contributed by atoms with Gasteiger partial charge in [-0.05, 0) is 77.3 Å². The van der Waals surface area contributed by atoms with Crippen LogP contribution in [0.3, 0.4) is 0 Å². The lowest BCUT2D eigenvalue weighted by atomic mass is 10.1. The summed E-state index contributed by atoms with van der Waals surface area (Å²) in [6, 6.07) is 15.6. The van der Waals surface area contributed by atoms with Crippen molar-refractivity contribution in [3.05, 3.63) is 93.2 Å². The van der Waals surface area contributed by atoms with E-state index in [0.717, 1.165) is 10.5 Å². The Kier molecular flexibility index (Phi) is 7.49. The number of urea groups is 1. The van der Waals surface area contributed by atoms with E-state index in [0.29, 0.717) is 39.4 Å². The van der Waals surface area contributed by atoms with Crippen LogP contribution in [0.25, 0.3) is 6.08 Å². The topological polar surface area (TPSA) is 84.9 Å². The molecule has 0 unspecified atom stereocenters. The third-order valence-corrected chi connectivity index (χ3v) is 5.92. The van der Waals surface area contributed by atoms with Crippen LogP contribution in [0, 0.1) is 12.7 Å². The van der Waals surface area contributed by atoms with Gasteiger partial charge in [-0.1, -0.05) is 30.3 Å². The molecule has 3 aromatic carbocycles. The van der Waals surface area contributed by atoms with Gasteiger partial charge in [0.1, 0.15) is 18.0 Å². The number of nitrogens with zero attached hydrogens (tertiary/aromatic N) is 1. The van der Waals surface area contributed by atoms with E-state index in [1.54, 1.807) is 55.5 Å². The van der Waals surface area contributed by atoms with E-state index in [2.05, 4.69) is 21.2 Å². The van der Waals surface area contributed by atoms with E-state index in [4.69, 9.17) is 9.47 Å². The quantitative estimate of drug-likeness (QED) is 0.307. The molecule has 0 aliphatic carbocycles. The Hall–Kier alpha value is -3.98. The van der Waals surface area contributed by atoms with Gasteiger partial charge in [-0.15, -0.1) is 0 Å². The maximum absolute atomic E-state index is 14.0. The predicted molar refractivity (Wildman–Crippen MR) is 136 cm³/mol. The number of benzene rings is 3. The van der Waals surface area contributed by atoms with Crippen molar-refractivity contribution < 1.29 is 28.2 Å². The van der Waals surface area contributed by atoms with Crippen molar-refractivity contribution in [2.24, 2.45) is 0 Å². The molecule has 4 amide bonds. The number of imide groups is 2. The third-order valence-electron chi connectivity index (χ3n) is 5.33. The summed E-state index contributed by atoms with van der Waals surface area (Å²) in [6.45, 7) is 3.92. The Labute approximate surface area is 215 Å². The molecule has 3 aromatic rings. The van der Waals surface area contributed by atoms with Crippen molar-refractivity contribution in [2.45, 2.75) is 20.5 Å². The molecule has 1 fully saturated rings. The van der Waals surface area contributed by atoms with Gasteiger partial charge in [-0.3, -0.25) is 14.9 Å². The zero-order chi connectivity index (χ0) is 25.8. The van der Waals surface area contributed by atoms with E-state index in [1.165, 1.54) is 12.1 Å². The molecule has 0 aromatic heterocycles. The Bertz CT molecular complexity index is 1390. The van der Waals surface area contributed by atoms with Gasteiger partial charge in [0.15, 0.2) is 11.5 Å². The van der Waals surface area contributed by atoms with Gasteiger partial charge >= 0.3 is 6.03 Å². The number of amides is 4. The summed E-state index contributed by atoms with van der Waals surface area (Å²) in [6.07, 6.45) is 1.38. The zero-order valence-corrected chi connectivity index (χ0v) is 21.1. The van der Waals surface area contributed by atoms with E-state index >= 15 is 0 Å². The number of nitrogens with one attached hydrogen (secondary N) is 1. The molecule has 0 spiro atoms. The molecule has 0 atom stereocenters. The van der Waals surface area contributed by atoms with E-state index < -0.39 is 17.8 Å². The summed E-state index contributed by atoms with van der Waals surface area (Å²) >= 11 is 3.44. The summed E-state index contributed by atoms with van der Waals surface area (Å²) in [5, 5.41) is 2.21. The van der Waals surface area contributed by atoms with Crippen LogP contribution in [-0.2, 0) is 16.2 Å². The molecule has 7 nitrogen and oxygen atoms in total. The Morgan fingerprint density at radius 3 is 2.53 bits per heavy atom. The Morgan fingerprint density at radius 2 is 1.81 bits per heavy atom. The summed E-state index contributed by atoms with van der Waals surface area (Å²) < 4.78 is 26.0. The van der Waals surface area contributed by atoms with Crippen molar-refractivity contribution in [1.82, 2.24) is 5.32 Å². The average Bonchev–Trinajstić information content (AvgIpc) is 2.82. The minimum Gasteiger partial charge on any atom is -0.490 e. The monoisotopic (exact) mass is 552 g/mol. The van der Waals surface area contributed by atoms with Crippen molar-refractivity contribution in [1.29, 1.82) is 0 Å². The maximum atomic E-state index is 14.0. The van der Waals surface area contributed by atoms with E-state index in [9.17, 15) is 18.8 Å². The fourth-order valence-electron chi connectivity index (χ4n) is 3.67. The van der Waals surface area contributed by atoms with Crippen LogP contribution >= 0.6 is 15.9 Å². The molecule has 1 heterocycles. The first-order valence-corrected chi connectivity index (χ1v) is 11.9. The Morgan fingerprint density at radius 1 is 1.03 bits per heavy atom. The van der Waals surface area contributed by atoms with Crippen molar-refractivity contribution in [3.63, 3.8) is 0 Å². The second kappa shape index (κ2) is 10.7. The van der Waals surface area contributed by atoms with Crippen LogP contribution in [0.15, 0.2) is 70.7 Å². The van der Waals surface area contributed by atoms with Crippen LogP contribution in [-0.4, -0.2) is 24.5 Å². The van der Waals surface area contributed by atoms with Gasteiger partial charge in [-0.2, -0.15) is 0 Å². The first kappa shape index (κ1) is 25.1. The molecule has 184 valence electrons. The predicted octanol–water partition coefficient (Wildman–Crippen LogP) is 5.54. The lowest BCUT2D eigenvalue weighted by Crippen LogP contribution is -2.54. The number of anilines is 1. The summed E-state index contributed by atoms with van der Waals surface area (Å²) in [5.74, 6) is -1.25. The van der Waals surface area contributed by atoms with Crippen LogP contribution in [0.5, 0.6) is 11.5 Å². The molecule has 36 heavy (non-hydrogen) atoms. The van der Waals surface area contributed by atoms with Crippen molar-refractivity contribution in [2.75, 3.05) is 11.5 Å². The molecule has 9 heteroatoms. The molecule has 0 radical (unpaired) electrons. The number of hydrogen-bond acceptors (Lipinski definition) is 5. The van der Waals surface area contributed by atoms with E-state index in [-0.39, 0.29) is 18.0 Å². The fraction of sp³-hybridized carbons (Fsp3) is 0.148. The summed E-state index contributed by atoms with van der Waals surface area (Å²) in [5.41, 5.74) is 1.82. The number of halogens is 2. The zero-order valence-electron chi connectivity index (χ0n) is 19.5. The first-order chi connectivity index (χ1) is 17.3. The first-order valence-electron chi connectivity index (χ1n) is 11.1. The van der Waals surface area contributed by atoms with E-state index in [1.807, 2.05) is 13.0 Å². The molecule has 1 aliphatic heterocycles. The maximum Gasteiger partial charge on any atom is 0.335 e. The van der Waals surface area contributed by atoms with Gasteiger partial charge in [0.25, 0.3) is 11.8 Å². The molecular weight excluding hydrogens is 531 g/mol. The Balaban J connectivity index is 1.67. The largest absolute Gasteiger partial charge is 0.490 e. The molecule has 1 N–H and O–H groups in total. The lowest BCUT2D eigenvalue weighted by Gasteiger charge is -2.26. The third kappa shape index (κ3) is 5.31. The molecular formula is C27H22BrFN2O5. The fourth-order valence-corrected chi connectivity index (χ4v) is 4.24. The smallest absolute Gasteiger partial charge is 0.335 e. The number of hydrogen-bond donors (Lipinski definition) is 1. The minimum atomic E-state index is -0.819. The highest BCUT2D eigenvalue weighted by atomic mass is 79.9. The van der Waals surface area contributed by atoms with Gasteiger partial charge in [0.2, 0.25) is 0 Å². The van der Waals surface area contributed by atoms with Gasteiger partial charge < -0.3 is 9.47 Å². The van der Waals surface area contributed by atoms with Crippen molar-refractivity contribution >= 4 is 45.5 Å². The van der Waals surface area contributed by atoms with Gasteiger partial charge in [0.05, 0.1) is 16.8 Å². The van der Waals surface area contributed by atoms with Gasteiger partial charge in [-0.25, -0.2) is 14.1 Å². The van der Waals surface area contributed by atoms with Crippen LogP contribution in [0.2, 0.25) is 0 Å². The van der Waals surface area contributed by atoms with Crippen LogP contribution < -0.4 is 19.7 Å². The normalized spacial score (nSPS) is 14.7. The van der Waals surface area contributed by atoms with Crippen molar-refractivity contribution in [3.8, 4) is 11.5 Å². The highest BCUT2D eigenvalue weighted by molar-refractivity contribution is 9.10. The minimum absolute atomic E-state index is 0.0275. The number of aryl methyl sites for hydroxylation is 1. The van der Waals surface area contributed by atoms with Crippen LogP contribution in [0.4, 0.5) is 14.9 Å². The molecule has 0 bridgehead atoms. The number of carbonyl (C=O) groups is 3. The molecule has 0 saturated carbocycles. The highest BCUT2D eigenvalue weighted by Crippen LogP contribution is 2.38. The number of rotatable bonds is 7. The average molecular weight is 553 g/mol. The number of barbiturate groups is 1.